The van der Waals surface area contributed by atoms with Crippen LogP contribution in [0.25, 0.3) is 0 Å². The Bertz CT molecular complexity index is 560. The Hall–Kier alpha value is -1.06. The third-order valence-electron chi connectivity index (χ3n) is 5.14. The van der Waals surface area contributed by atoms with Gasteiger partial charge in [-0.25, -0.2) is 0 Å². The van der Waals surface area contributed by atoms with Gasteiger partial charge in [-0.3, -0.25) is 4.79 Å². The van der Waals surface area contributed by atoms with Crippen LogP contribution >= 0.6 is 11.6 Å². The van der Waals surface area contributed by atoms with E-state index in [2.05, 4.69) is 0 Å². The van der Waals surface area contributed by atoms with Gasteiger partial charge >= 0.3 is 0 Å². The van der Waals surface area contributed by atoms with Crippen LogP contribution in [-0.2, 0) is 0 Å². The van der Waals surface area contributed by atoms with E-state index in [1.54, 1.807) is 6.07 Å². The molecule has 21 heavy (non-hydrogen) atoms. The fourth-order valence-corrected chi connectivity index (χ4v) is 3.95. The lowest BCUT2D eigenvalue weighted by Gasteiger charge is -2.47. The monoisotopic (exact) mass is 307 g/mol. The topological polar surface area (TPSA) is 40.5 Å². The molecule has 1 aromatic rings. The number of hydrogen-bond donors (Lipinski definition) is 1. The zero-order chi connectivity index (χ0) is 15.0. The number of aryl methyl sites for hydroxylation is 1. The van der Waals surface area contributed by atoms with E-state index < -0.39 is 5.60 Å². The number of carbonyl (C=O) groups excluding carboxylic acids is 1. The minimum atomic E-state index is -0.550. The fourth-order valence-electron chi connectivity index (χ4n) is 3.74. The van der Waals surface area contributed by atoms with Crippen molar-refractivity contribution in [2.75, 3.05) is 13.1 Å². The summed E-state index contributed by atoms with van der Waals surface area (Å²) in [6.45, 7) is 3.19. The molecular formula is C17H22ClNO2. The Kier molecular flexibility index (Phi) is 3.98. The molecule has 1 aliphatic heterocycles. The van der Waals surface area contributed by atoms with Gasteiger partial charge in [0.05, 0.1) is 16.2 Å². The number of carbonyl (C=O) groups is 1. The van der Waals surface area contributed by atoms with E-state index in [1.807, 2.05) is 24.0 Å². The molecule has 4 heteroatoms. The van der Waals surface area contributed by atoms with Crippen molar-refractivity contribution < 1.29 is 9.90 Å². The highest BCUT2D eigenvalue weighted by atomic mass is 35.5. The molecule has 1 heterocycles. The number of rotatable bonds is 1. The smallest absolute Gasteiger partial charge is 0.255 e. The number of aliphatic hydroxyl groups is 1. The van der Waals surface area contributed by atoms with Crippen LogP contribution in [0.1, 0.15) is 48.0 Å². The summed E-state index contributed by atoms with van der Waals surface area (Å²) in [6.07, 6.45) is 4.84. The third-order valence-corrected chi connectivity index (χ3v) is 5.64. The number of nitrogens with zero attached hydrogens (tertiary/aromatic N) is 1. The minimum absolute atomic E-state index is 0.00340. The predicted molar refractivity (Wildman–Crippen MR) is 83.6 cm³/mol. The summed E-state index contributed by atoms with van der Waals surface area (Å²) in [5.41, 5.74) is 0.956. The van der Waals surface area contributed by atoms with Crippen LogP contribution in [0.2, 0.25) is 5.02 Å². The van der Waals surface area contributed by atoms with Gasteiger partial charge in [0.25, 0.3) is 5.91 Å². The molecule has 3 rings (SSSR count). The molecule has 2 fully saturated rings. The first-order valence-electron chi connectivity index (χ1n) is 7.78. The van der Waals surface area contributed by atoms with E-state index in [-0.39, 0.29) is 11.8 Å². The second-order valence-corrected chi connectivity index (χ2v) is 6.86. The lowest BCUT2D eigenvalue weighted by molar-refractivity contribution is -0.0886. The van der Waals surface area contributed by atoms with Crippen molar-refractivity contribution in [3.05, 3.63) is 34.3 Å². The summed E-state index contributed by atoms with van der Waals surface area (Å²) in [5.74, 6) is 0.212. The molecule has 1 aromatic carbocycles. The number of hydrogen-bond acceptors (Lipinski definition) is 2. The third kappa shape index (κ3) is 2.69. The molecule has 1 N–H and O–H groups in total. The van der Waals surface area contributed by atoms with E-state index in [9.17, 15) is 9.90 Å². The molecule has 0 bridgehead atoms. The van der Waals surface area contributed by atoms with Crippen molar-refractivity contribution in [1.82, 2.24) is 4.90 Å². The quantitative estimate of drug-likeness (QED) is 0.863. The Morgan fingerprint density at radius 3 is 3.00 bits per heavy atom. The van der Waals surface area contributed by atoms with Crippen LogP contribution in [0, 0.1) is 12.8 Å². The largest absolute Gasteiger partial charge is 0.389 e. The number of halogens is 1. The van der Waals surface area contributed by atoms with Gasteiger partial charge in [0.15, 0.2) is 0 Å². The molecular weight excluding hydrogens is 286 g/mol. The number of likely N-dealkylation sites (tertiary alicyclic amines) is 1. The van der Waals surface area contributed by atoms with Crippen LogP contribution < -0.4 is 0 Å². The minimum Gasteiger partial charge on any atom is -0.389 e. The maximum absolute atomic E-state index is 12.7. The van der Waals surface area contributed by atoms with Gasteiger partial charge in [-0.2, -0.15) is 0 Å². The van der Waals surface area contributed by atoms with E-state index in [4.69, 9.17) is 11.6 Å². The van der Waals surface area contributed by atoms with Gasteiger partial charge in [0.2, 0.25) is 0 Å². The number of fused-ring (bicyclic) bond motifs is 1. The molecule has 2 unspecified atom stereocenters. The Morgan fingerprint density at radius 2 is 2.19 bits per heavy atom. The molecule has 0 aromatic heterocycles. The van der Waals surface area contributed by atoms with E-state index in [0.717, 1.165) is 31.2 Å². The van der Waals surface area contributed by atoms with Crippen molar-refractivity contribution in [3.63, 3.8) is 0 Å². The molecule has 2 atom stereocenters. The SMILES string of the molecule is Cc1cccc(C(=O)N2CCC3(O)CCCCC3C2)c1Cl. The highest BCUT2D eigenvalue weighted by Gasteiger charge is 2.43. The number of amides is 1. The molecule has 1 saturated carbocycles. The average molecular weight is 308 g/mol. The van der Waals surface area contributed by atoms with Crippen molar-refractivity contribution in [3.8, 4) is 0 Å². The number of benzene rings is 1. The lowest BCUT2D eigenvalue weighted by atomic mass is 9.71. The Balaban J connectivity index is 1.79. The summed E-state index contributed by atoms with van der Waals surface area (Å²) in [5, 5.41) is 11.2. The predicted octanol–water partition coefficient (Wildman–Crippen LogP) is 3.42. The summed E-state index contributed by atoms with van der Waals surface area (Å²) >= 11 is 6.28. The van der Waals surface area contributed by atoms with Gasteiger partial charge in [0.1, 0.15) is 0 Å². The molecule has 0 spiro atoms. The maximum atomic E-state index is 12.7. The van der Waals surface area contributed by atoms with E-state index in [0.29, 0.717) is 30.1 Å². The summed E-state index contributed by atoms with van der Waals surface area (Å²) in [6, 6.07) is 5.57. The van der Waals surface area contributed by atoms with Crippen LogP contribution in [0.4, 0.5) is 0 Å². The van der Waals surface area contributed by atoms with Gasteiger partial charge in [-0.1, -0.05) is 36.6 Å². The van der Waals surface area contributed by atoms with E-state index >= 15 is 0 Å². The van der Waals surface area contributed by atoms with Gasteiger partial charge < -0.3 is 10.0 Å². The van der Waals surface area contributed by atoms with Crippen molar-refractivity contribution in [2.45, 2.75) is 44.6 Å². The first-order chi connectivity index (χ1) is 10.0. The van der Waals surface area contributed by atoms with Crippen LogP contribution in [0.3, 0.4) is 0 Å². The molecule has 0 radical (unpaired) electrons. The number of piperidine rings is 1. The fraction of sp³-hybridized carbons (Fsp3) is 0.588. The molecule has 1 aliphatic carbocycles. The summed E-state index contributed by atoms with van der Waals surface area (Å²) in [7, 11) is 0. The van der Waals surface area contributed by atoms with E-state index in [1.165, 1.54) is 0 Å². The highest BCUT2D eigenvalue weighted by Crippen LogP contribution is 2.40. The summed E-state index contributed by atoms with van der Waals surface area (Å²) < 4.78 is 0. The Morgan fingerprint density at radius 1 is 1.38 bits per heavy atom. The summed E-state index contributed by atoms with van der Waals surface area (Å²) in [4.78, 5) is 14.6. The van der Waals surface area contributed by atoms with Crippen molar-refractivity contribution in [1.29, 1.82) is 0 Å². The van der Waals surface area contributed by atoms with Gasteiger partial charge in [-0.15, -0.1) is 0 Å². The Labute approximate surface area is 130 Å². The van der Waals surface area contributed by atoms with Gasteiger partial charge in [0, 0.05) is 19.0 Å². The first-order valence-corrected chi connectivity index (χ1v) is 8.16. The second kappa shape index (κ2) is 5.62. The molecule has 2 aliphatic rings. The standard InChI is InChI=1S/C17H22ClNO2/c1-12-5-4-7-14(15(12)18)16(20)19-10-9-17(21)8-3-2-6-13(17)11-19/h4-5,7,13,21H,2-3,6,8-11H2,1H3. The van der Waals surface area contributed by atoms with Crippen molar-refractivity contribution >= 4 is 17.5 Å². The molecule has 114 valence electrons. The first kappa shape index (κ1) is 14.9. The zero-order valence-electron chi connectivity index (χ0n) is 12.4. The van der Waals surface area contributed by atoms with Gasteiger partial charge in [-0.05, 0) is 37.8 Å². The highest BCUT2D eigenvalue weighted by molar-refractivity contribution is 6.34. The second-order valence-electron chi connectivity index (χ2n) is 6.48. The maximum Gasteiger partial charge on any atom is 0.255 e. The van der Waals surface area contributed by atoms with Crippen LogP contribution in [0.15, 0.2) is 18.2 Å². The zero-order valence-corrected chi connectivity index (χ0v) is 13.2. The van der Waals surface area contributed by atoms with Crippen molar-refractivity contribution in [2.24, 2.45) is 5.92 Å². The average Bonchev–Trinajstić information content (AvgIpc) is 2.48. The molecule has 1 saturated heterocycles. The van der Waals surface area contributed by atoms with Crippen LogP contribution in [-0.4, -0.2) is 34.6 Å². The normalized spacial score (nSPS) is 29.1. The lowest BCUT2D eigenvalue weighted by Crippen LogP contribution is -2.54. The van der Waals surface area contributed by atoms with Crippen LogP contribution in [0.5, 0.6) is 0 Å². The molecule has 3 nitrogen and oxygen atoms in total. The molecule has 1 amide bonds.